The topological polar surface area (TPSA) is 58.4 Å². The molecule has 1 aromatic heterocycles. The molecule has 0 spiro atoms. The number of carboxylic acids is 1. The maximum absolute atomic E-state index is 13.1. The Kier molecular flexibility index (Phi) is 5.50. The van der Waals surface area contributed by atoms with Crippen molar-refractivity contribution in [2.24, 2.45) is 0 Å². The van der Waals surface area contributed by atoms with Crippen molar-refractivity contribution in [3.05, 3.63) is 47.0 Å². The molecule has 2 rings (SSSR count). The molecule has 0 saturated carbocycles. The highest BCUT2D eigenvalue weighted by Crippen LogP contribution is 2.20. The number of rotatable bonds is 7. The van der Waals surface area contributed by atoms with Crippen molar-refractivity contribution in [3.8, 4) is 5.69 Å². The summed E-state index contributed by atoms with van der Waals surface area (Å²) in [6.07, 6.45) is 0.886. The van der Waals surface area contributed by atoms with Crippen LogP contribution in [0, 0.1) is 19.7 Å². The average molecular weight is 319 g/mol. The van der Waals surface area contributed by atoms with Crippen LogP contribution >= 0.6 is 0 Å². The summed E-state index contributed by atoms with van der Waals surface area (Å²) in [5, 5.41) is 13.6. The number of carbonyl (C=O) groups is 1. The van der Waals surface area contributed by atoms with Gasteiger partial charge in [0.25, 0.3) is 0 Å². The number of benzene rings is 1. The largest absolute Gasteiger partial charge is 0.480 e. The van der Waals surface area contributed by atoms with Gasteiger partial charge in [0.1, 0.15) is 5.82 Å². The Hall–Kier alpha value is -2.21. The summed E-state index contributed by atoms with van der Waals surface area (Å²) in [5.41, 5.74) is 3.61. The van der Waals surface area contributed by atoms with Crippen molar-refractivity contribution < 1.29 is 14.3 Å². The second-order valence-corrected chi connectivity index (χ2v) is 5.64. The lowest BCUT2D eigenvalue weighted by atomic mass is 10.1. The van der Waals surface area contributed by atoms with Crippen LogP contribution in [0.5, 0.6) is 0 Å². The molecule has 0 bridgehead atoms. The number of nitrogens with zero attached hydrogens (tertiary/aromatic N) is 3. The standard InChI is InChI=1S/C17H22FN3O2/c1-4-9-20(11-17(22)23)10-16-12(2)19-21(13(16)3)15-7-5-14(18)6-8-15/h5-8H,4,9-11H2,1-3H3,(H,22,23). The summed E-state index contributed by atoms with van der Waals surface area (Å²) >= 11 is 0. The highest BCUT2D eigenvalue weighted by molar-refractivity contribution is 5.69. The number of hydrogen-bond acceptors (Lipinski definition) is 3. The van der Waals surface area contributed by atoms with E-state index in [0.29, 0.717) is 13.1 Å². The molecule has 0 saturated heterocycles. The zero-order chi connectivity index (χ0) is 17.0. The number of aliphatic carboxylic acids is 1. The predicted molar refractivity (Wildman–Crippen MR) is 86.2 cm³/mol. The molecule has 0 fully saturated rings. The minimum absolute atomic E-state index is 0.00838. The first-order valence-corrected chi connectivity index (χ1v) is 7.67. The van der Waals surface area contributed by atoms with E-state index in [0.717, 1.165) is 29.1 Å². The van der Waals surface area contributed by atoms with Crippen LogP contribution < -0.4 is 0 Å². The fourth-order valence-electron chi connectivity index (χ4n) is 2.68. The minimum Gasteiger partial charge on any atom is -0.480 e. The fourth-order valence-corrected chi connectivity index (χ4v) is 2.68. The van der Waals surface area contributed by atoms with Crippen LogP contribution in [-0.4, -0.2) is 38.8 Å². The first kappa shape index (κ1) is 17.1. The van der Waals surface area contributed by atoms with E-state index in [2.05, 4.69) is 5.10 Å². The minimum atomic E-state index is -0.834. The lowest BCUT2D eigenvalue weighted by Gasteiger charge is -2.19. The van der Waals surface area contributed by atoms with Gasteiger partial charge in [0, 0.05) is 17.8 Å². The van der Waals surface area contributed by atoms with Crippen molar-refractivity contribution in [2.75, 3.05) is 13.1 Å². The predicted octanol–water partition coefficient (Wildman–Crippen LogP) is 2.92. The summed E-state index contributed by atoms with van der Waals surface area (Å²) in [7, 11) is 0. The van der Waals surface area contributed by atoms with Crippen molar-refractivity contribution in [1.82, 2.24) is 14.7 Å². The smallest absolute Gasteiger partial charge is 0.317 e. The Morgan fingerprint density at radius 1 is 1.30 bits per heavy atom. The number of aryl methyl sites for hydroxylation is 1. The lowest BCUT2D eigenvalue weighted by molar-refractivity contribution is -0.138. The zero-order valence-electron chi connectivity index (χ0n) is 13.7. The second-order valence-electron chi connectivity index (χ2n) is 5.64. The van der Waals surface area contributed by atoms with Gasteiger partial charge in [0.05, 0.1) is 17.9 Å². The summed E-state index contributed by atoms with van der Waals surface area (Å²) in [4.78, 5) is 12.9. The van der Waals surface area contributed by atoms with Crippen LogP contribution in [0.1, 0.15) is 30.3 Å². The molecule has 0 radical (unpaired) electrons. The van der Waals surface area contributed by atoms with E-state index in [-0.39, 0.29) is 12.4 Å². The van der Waals surface area contributed by atoms with E-state index in [1.165, 1.54) is 12.1 Å². The van der Waals surface area contributed by atoms with Crippen LogP contribution in [0.15, 0.2) is 24.3 Å². The van der Waals surface area contributed by atoms with Crippen LogP contribution in [0.2, 0.25) is 0 Å². The Bertz CT molecular complexity index is 680. The molecular formula is C17H22FN3O2. The first-order valence-electron chi connectivity index (χ1n) is 7.67. The summed E-state index contributed by atoms with van der Waals surface area (Å²) in [6.45, 7) is 7.15. The molecule has 6 heteroatoms. The molecule has 0 aliphatic heterocycles. The maximum atomic E-state index is 13.1. The van der Waals surface area contributed by atoms with Crippen molar-refractivity contribution in [2.45, 2.75) is 33.7 Å². The van der Waals surface area contributed by atoms with E-state index >= 15 is 0 Å². The van der Waals surface area contributed by atoms with Crippen LogP contribution in [0.3, 0.4) is 0 Å². The van der Waals surface area contributed by atoms with Crippen molar-refractivity contribution in [3.63, 3.8) is 0 Å². The molecule has 1 aromatic carbocycles. The Morgan fingerprint density at radius 2 is 1.96 bits per heavy atom. The van der Waals surface area contributed by atoms with Gasteiger partial charge in [-0.1, -0.05) is 6.92 Å². The van der Waals surface area contributed by atoms with E-state index in [1.54, 1.807) is 16.8 Å². The monoisotopic (exact) mass is 319 g/mol. The molecule has 0 aliphatic rings. The van der Waals surface area contributed by atoms with Gasteiger partial charge < -0.3 is 5.11 Å². The Balaban J connectivity index is 2.29. The fraction of sp³-hybridized carbons (Fsp3) is 0.412. The van der Waals surface area contributed by atoms with Gasteiger partial charge in [-0.2, -0.15) is 5.10 Å². The molecule has 0 unspecified atom stereocenters. The molecule has 2 aromatic rings. The molecule has 1 heterocycles. The SMILES string of the molecule is CCCN(CC(=O)O)Cc1c(C)nn(-c2ccc(F)cc2)c1C. The van der Waals surface area contributed by atoms with Crippen LogP contribution in [-0.2, 0) is 11.3 Å². The molecule has 124 valence electrons. The van der Waals surface area contributed by atoms with Gasteiger partial charge in [-0.05, 0) is 51.1 Å². The lowest BCUT2D eigenvalue weighted by Crippen LogP contribution is -2.30. The number of aromatic nitrogens is 2. The van der Waals surface area contributed by atoms with Gasteiger partial charge >= 0.3 is 5.97 Å². The molecule has 1 N–H and O–H groups in total. The third kappa shape index (κ3) is 4.16. The molecule has 23 heavy (non-hydrogen) atoms. The molecular weight excluding hydrogens is 297 g/mol. The molecule has 0 atom stereocenters. The van der Waals surface area contributed by atoms with Gasteiger partial charge in [0.15, 0.2) is 0 Å². The Morgan fingerprint density at radius 3 is 2.52 bits per heavy atom. The third-order valence-corrected chi connectivity index (χ3v) is 3.79. The van der Waals surface area contributed by atoms with Crippen molar-refractivity contribution >= 4 is 5.97 Å². The first-order chi connectivity index (χ1) is 10.9. The van der Waals surface area contributed by atoms with Gasteiger partial charge in [0.2, 0.25) is 0 Å². The zero-order valence-corrected chi connectivity index (χ0v) is 13.7. The highest BCUT2D eigenvalue weighted by Gasteiger charge is 2.17. The number of carboxylic acid groups (broad SMARTS) is 1. The molecule has 0 amide bonds. The highest BCUT2D eigenvalue weighted by atomic mass is 19.1. The van der Waals surface area contributed by atoms with Crippen LogP contribution in [0.25, 0.3) is 5.69 Å². The van der Waals surface area contributed by atoms with Gasteiger partial charge in [-0.15, -0.1) is 0 Å². The van der Waals surface area contributed by atoms with E-state index in [4.69, 9.17) is 5.11 Å². The van der Waals surface area contributed by atoms with E-state index in [9.17, 15) is 9.18 Å². The number of hydrogen-bond donors (Lipinski definition) is 1. The maximum Gasteiger partial charge on any atom is 0.317 e. The van der Waals surface area contributed by atoms with Crippen molar-refractivity contribution in [1.29, 1.82) is 0 Å². The summed E-state index contributed by atoms with van der Waals surface area (Å²) in [6, 6.07) is 6.16. The van der Waals surface area contributed by atoms with Gasteiger partial charge in [-0.25, -0.2) is 9.07 Å². The molecule has 0 aliphatic carbocycles. The Labute approximate surface area is 135 Å². The molecule has 5 nitrogen and oxygen atoms in total. The number of halogens is 1. The quantitative estimate of drug-likeness (QED) is 0.852. The second kappa shape index (κ2) is 7.37. The van der Waals surface area contributed by atoms with Gasteiger partial charge in [-0.3, -0.25) is 9.69 Å². The van der Waals surface area contributed by atoms with Crippen LogP contribution in [0.4, 0.5) is 4.39 Å². The summed E-state index contributed by atoms with van der Waals surface area (Å²) in [5.74, 6) is -1.12. The van der Waals surface area contributed by atoms with E-state index < -0.39 is 5.97 Å². The van der Waals surface area contributed by atoms with E-state index in [1.807, 2.05) is 25.7 Å². The third-order valence-electron chi connectivity index (χ3n) is 3.79. The summed E-state index contributed by atoms with van der Waals surface area (Å²) < 4.78 is 14.8. The normalized spacial score (nSPS) is 11.2. The average Bonchev–Trinajstić information content (AvgIpc) is 2.76.